The van der Waals surface area contributed by atoms with Crippen LogP contribution in [0.3, 0.4) is 0 Å². The fraction of sp³-hybridized carbons (Fsp3) is 0.895. The van der Waals surface area contributed by atoms with Gasteiger partial charge in [-0.15, -0.1) is 0 Å². The molecule has 0 aromatic rings. The minimum absolute atomic E-state index is 0.0220. The Morgan fingerprint density at radius 2 is 1.88 bits per heavy atom. The fourth-order valence-corrected chi connectivity index (χ4v) is 4.81. The topological polar surface area (TPSA) is 82.1 Å². The highest BCUT2D eigenvalue weighted by Crippen LogP contribution is 2.35. The number of carbonyl (C=O) groups is 2. The third-order valence-electron chi connectivity index (χ3n) is 6.59. The number of nitrogens with one attached hydrogen (secondary N) is 1. The molecular formula is C19H33N3O4. The van der Waals surface area contributed by atoms with Crippen LogP contribution in [0.1, 0.15) is 58.3 Å². The molecule has 3 amide bonds. The molecule has 1 aliphatic heterocycles. The van der Waals surface area contributed by atoms with Gasteiger partial charge in [-0.3, -0.25) is 10.0 Å². The molecule has 2 saturated carbocycles. The van der Waals surface area contributed by atoms with Crippen LogP contribution in [0.25, 0.3) is 0 Å². The van der Waals surface area contributed by atoms with Crippen molar-refractivity contribution < 1.29 is 19.5 Å². The van der Waals surface area contributed by atoms with Gasteiger partial charge < -0.3 is 14.5 Å². The van der Waals surface area contributed by atoms with E-state index < -0.39 is 0 Å². The molecule has 148 valence electrons. The molecule has 1 heterocycles. The number of hydrogen-bond donors (Lipinski definition) is 2. The maximum absolute atomic E-state index is 13.2. The summed E-state index contributed by atoms with van der Waals surface area (Å²) in [7, 11) is 1.94. The van der Waals surface area contributed by atoms with E-state index in [-0.39, 0.29) is 35.9 Å². The predicted molar refractivity (Wildman–Crippen MR) is 96.7 cm³/mol. The highest BCUT2D eigenvalue weighted by atomic mass is 16.5. The summed E-state index contributed by atoms with van der Waals surface area (Å²) in [4.78, 5) is 28.8. The Hall–Kier alpha value is -1.34. The van der Waals surface area contributed by atoms with Gasteiger partial charge in [-0.2, -0.15) is 0 Å². The number of hydroxylamine groups is 1. The van der Waals surface area contributed by atoms with Gasteiger partial charge in [0, 0.05) is 31.5 Å². The third kappa shape index (κ3) is 4.14. The number of rotatable bonds is 2. The maximum atomic E-state index is 13.2. The second kappa shape index (κ2) is 8.57. The lowest BCUT2D eigenvalue weighted by Gasteiger charge is -2.39. The Kier molecular flexibility index (Phi) is 6.40. The smallest absolute Gasteiger partial charge is 0.320 e. The second-order valence-corrected chi connectivity index (χ2v) is 8.30. The van der Waals surface area contributed by atoms with E-state index in [0.717, 1.165) is 25.7 Å². The molecule has 3 aliphatic rings. The molecule has 0 bridgehead atoms. The SMILES string of the molecule is C[C@H]1COC2CC(C(=O)NO)CCC2CN1C(=O)N(C)C1CCCCC1. The summed E-state index contributed by atoms with van der Waals surface area (Å²) >= 11 is 0. The number of hydrogen-bond acceptors (Lipinski definition) is 4. The van der Waals surface area contributed by atoms with Crippen LogP contribution in [0.2, 0.25) is 0 Å². The Bertz CT molecular complexity index is 509. The van der Waals surface area contributed by atoms with E-state index in [0.29, 0.717) is 25.6 Å². The van der Waals surface area contributed by atoms with Gasteiger partial charge in [0.05, 0.1) is 18.8 Å². The molecule has 1 saturated heterocycles. The van der Waals surface area contributed by atoms with Gasteiger partial charge in [0.25, 0.3) is 0 Å². The lowest BCUT2D eigenvalue weighted by molar-refractivity contribution is -0.137. The highest BCUT2D eigenvalue weighted by Gasteiger charge is 2.40. The summed E-state index contributed by atoms with van der Waals surface area (Å²) in [5, 5.41) is 8.88. The summed E-state index contributed by atoms with van der Waals surface area (Å²) in [6, 6.07) is 0.500. The molecule has 7 heteroatoms. The molecule has 0 spiro atoms. The largest absolute Gasteiger partial charge is 0.376 e. The first-order valence-corrected chi connectivity index (χ1v) is 10.1. The van der Waals surface area contributed by atoms with Gasteiger partial charge in [-0.1, -0.05) is 19.3 Å². The Balaban J connectivity index is 1.64. The van der Waals surface area contributed by atoms with Gasteiger partial charge >= 0.3 is 6.03 Å². The second-order valence-electron chi connectivity index (χ2n) is 8.30. The molecule has 2 aliphatic carbocycles. The molecule has 7 nitrogen and oxygen atoms in total. The standard InChI is InChI=1S/C19H33N3O4/c1-13-12-26-17-10-14(18(23)20-25)8-9-15(17)11-22(13)19(24)21(2)16-6-4-3-5-7-16/h13-17,25H,3-12H2,1-2H3,(H,20,23)/t13-,14?,15?,17?/m0/s1. The summed E-state index contributed by atoms with van der Waals surface area (Å²) in [5.41, 5.74) is 1.77. The number of urea groups is 1. The van der Waals surface area contributed by atoms with Crippen molar-refractivity contribution >= 4 is 11.9 Å². The third-order valence-corrected chi connectivity index (χ3v) is 6.59. The number of fused-ring (bicyclic) bond motifs is 1. The van der Waals surface area contributed by atoms with Gasteiger partial charge in [0.1, 0.15) is 0 Å². The van der Waals surface area contributed by atoms with Crippen LogP contribution in [0, 0.1) is 11.8 Å². The van der Waals surface area contributed by atoms with Crippen LogP contribution in [0.4, 0.5) is 4.79 Å². The van der Waals surface area contributed by atoms with Crippen molar-refractivity contribution in [2.24, 2.45) is 11.8 Å². The van der Waals surface area contributed by atoms with Crippen molar-refractivity contribution in [3.05, 3.63) is 0 Å². The lowest BCUT2D eigenvalue weighted by atomic mass is 9.79. The zero-order valence-corrected chi connectivity index (χ0v) is 16.0. The zero-order valence-electron chi connectivity index (χ0n) is 16.0. The van der Waals surface area contributed by atoms with Crippen molar-refractivity contribution in [2.45, 2.75) is 76.5 Å². The van der Waals surface area contributed by atoms with Crippen LogP contribution >= 0.6 is 0 Å². The predicted octanol–water partition coefficient (Wildman–Crippen LogP) is 2.38. The molecule has 3 rings (SSSR count). The monoisotopic (exact) mass is 367 g/mol. The van der Waals surface area contributed by atoms with Crippen molar-refractivity contribution in [1.29, 1.82) is 0 Å². The summed E-state index contributed by atoms with van der Waals surface area (Å²) < 4.78 is 6.08. The molecule has 0 aromatic carbocycles. The first-order valence-electron chi connectivity index (χ1n) is 10.1. The number of amides is 3. The molecule has 3 unspecified atom stereocenters. The Morgan fingerprint density at radius 3 is 2.58 bits per heavy atom. The molecule has 2 N–H and O–H groups in total. The normalized spacial score (nSPS) is 33.1. The van der Waals surface area contributed by atoms with Gasteiger partial charge in [-0.05, 0) is 39.0 Å². The molecular weight excluding hydrogens is 334 g/mol. The molecule has 0 radical (unpaired) electrons. The Labute approximate surface area is 156 Å². The van der Waals surface area contributed by atoms with Crippen molar-refractivity contribution in [1.82, 2.24) is 15.3 Å². The maximum Gasteiger partial charge on any atom is 0.320 e. The van der Waals surface area contributed by atoms with Crippen molar-refractivity contribution in [3.63, 3.8) is 0 Å². The summed E-state index contributed by atoms with van der Waals surface area (Å²) in [5.74, 6) is -0.274. The minimum atomic E-state index is -0.325. The molecule has 4 atom stereocenters. The van der Waals surface area contributed by atoms with Gasteiger partial charge in [0.2, 0.25) is 5.91 Å². The first kappa shape index (κ1) is 19.4. The highest BCUT2D eigenvalue weighted by molar-refractivity contribution is 5.77. The average Bonchev–Trinajstić information content (AvgIpc) is 2.85. The van der Waals surface area contributed by atoms with E-state index in [2.05, 4.69) is 0 Å². The van der Waals surface area contributed by atoms with E-state index in [1.165, 1.54) is 19.3 Å². The summed E-state index contributed by atoms with van der Waals surface area (Å²) in [6.07, 6.45) is 8.06. The Morgan fingerprint density at radius 1 is 1.15 bits per heavy atom. The van der Waals surface area contributed by atoms with E-state index >= 15 is 0 Å². The van der Waals surface area contributed by atoms with E-state index in [1.54, 1.807) is 5.48 Å². The molecule has 3 fully saturated rings. The van der Waals surface area contributed by atoms with Crippen LogP contribution in [0.15, 0.2) is 0 Å². The van der Waals surface area contributed by atoms with E-state index in [4.69, 9.17) is 9.94 Å². The average molecular weight is 367 g/mol. The van der Waals surface area contributed by atoms with Crippen LogP contribution < -0.4 is 5.48 Å². The lowest BCUT2D eigenvalue weighted by Crippen LogP contribution is -2.51. The van der Waals surface area contributed by atoms with Crippen molar-refractivity contribution in [2.75, 3.05) is 20.2 Å². The summed E-state index contributed by atoms with van der Waals surface area (Å²) in [6.45, 7) is 3.23. The van der Waals surface area contributed by atoms with Crippen molar-refractivity contribution in [3.8, 4) is 0 Å². The van der Waals surface area contributed by atoms with Crippen LogP contribution in [-0.2, 0) is 9.53 Å². The molecule has 0 aromatic heterocycles. The van der Waals surface area contributed by atoms with Crippen LogP contribution in [0.5, 0.6) is 0 Å². The quantitative estimate of drug-likeness (QED) is 0.580. The fourth-order valence-electron chi connectivity index (χ4n) is 4.81. The number of carbonyl (C=O) groups excluding carboxylic acids is 2. The van der Waals surface area contributed by atoms with E-state index in [1.807, 2.05) is 23.8 Å². The number of ether oxygens (including phenoxy) is 1. The first-order chi connectivity index (χ1) is 12.5. The van der Waals surface area contributed by atoms with Gasteiger partial charge in [-0.25, -0.2) is 10.3 Å². The van der Waals surface area contributed by atoms with Crippen LogP contribution in [-0.4, -0.2) is 65.3 Å². The zero-order chi connectivity index (χ0) is 18.7. The van der Waals surface area contributed by atoms with E-state index in [9.17, 15) is 9.59 Å². The van der Waals surface area contributed by atoms with Gasteiger partial charge in [0.15, 0.2) is 0 Å². The number of nitrogens with zero attached hydrogens (tertiary/aromatic N) is 2. The molecule has 26 heavy (non-hydrogen) atoms. The minimum Gasteiger partial charge on any atom is -0.376 e.